The number of aromatic nitrogens is 3. The fraction of sp³-hybridized carbons (Fsp3) is 0.786. The van der Waals surface area contributed by atoms with Crippen LogP contribution in [0.3, 0.4) is 0 Å². The van der Waals surface area contributed by atoms with Crippen molar-refractivity contribution in [3.8, 4) is 0 Å². The first-order valence-electron chi connectivity index (χ1n) is 14.3. The molecular formula is C28H46N6O2. The number of ether oxygens (including phenoxy) is 2. The highest BCUT2D eigenvalue weighted by Crippen LogP contribution is 2.44. The fourth-order valence-corrected chi connectivity index (χ4v) is 6.36. The summed E-state index contributed by atoms with van der Waals surface area (Å²) in [6.07, 6.45) is 13.4. The van der Waals surface area contributed by atoms with Crippen LogP contribution in [0, 0.1) is 0 Å². The molecule has 2 aromatic heterocycles. The lowest BCUT2D eigenvalue weighted by Crippen LogP contribution is -2.41. The lowest BCUT2D eigenvalue weighted by Gasteiger charge is -2.36. The van der Waals surface area contributed by atoms with Gasteiger partial charge < -0.3 is 24.6 Å². The molecule has 5 rings (SSSR count). The summed E-state index contributed by atoms with van der Waals surface area (Å²) < 4.78 is 14.2. The monoisotopic (exact) mass is 498 g/mol. The highest BCUT2D eigenvalue weighted by Gasteiger charge is 2.41. The Kier molecular flexibility index (Phi) is 8.03. The van der Waals surface area contributed by atoms with Crippen molar-refractivity contribution in [1.29, 1.82) is 0 Å². The van der Waals surface area contributed by atoms with Crippen molar-refractivity contribution in [2.75, 3.05) is 50.6 Å². The van der Waals surface area contributed by atoms with Crippen molar-refractivity contribution in [2.45, 2.75) is 102 Å². The number of hydrogen-bond donors (Lipinski definition) is 1. The van der Waals surface area contributed by atoms with E-state index in [2.05, 4.69) is 53.6 Å². The van der Waals surface area contributed by atoms with Gasteiger partial charge >= 0.3 is 0 Å². The molecule has 1 aliphatic carbocycles. The normalized spacial score (nSPS) is 22.2. The standard InChI is InChI=1S/C28H46N6O2/c1-5-6-7-8-21(2)30-27-29-20-26-25(33-15-11-23(12-16-33)32(3)4)19-24(34(26)31-27)22-9-13-28(14-10-22)35-17-18-36-28/h19-23H,5-18H2,1-4H3,(H,30,31)/t21-/m0/s1. The van der Waals surface area contributed by atoms with Crippen LogP contribution in [0.2, 0.25) is 0 Å². The third kappa shape index (κ3) is 5.50. The molecular weight excluding hydrogens is 452 g/mol. The molecule has 3 fully saturated rings. The predicted octanol–water partition coefficient (Wildman–Crippen LogP) is 5.04. The Hall–Kier alpha value is -1.90. The van der Waals surface area contributed by atoms with Crippen LogP contribution in [0.5, 0.6) is 0 Å². The third-order valence-corrected chi connectivity index (χ3v) is 8.65. The molecule has 200 valence electrons. The lowest BCUT2D eigenvalue weighted by atomic mass is 9.83. The molecule has 0 aromatic carbocycles. The topological polar surface area (TPSA) is 67.2 Å². The van der Waals surface area contributed by atoms with Crippen LogP contribution in [-0.4, -0.2) is 77.8 Å². The number of unbranched alkanes of at least 4 members (excludes halogenated alkanes) is 2. The summed E-state index contributed by atoms with van der Waals surface area (Å²) in [6.45, 7) is 8.09. The van der Waals surface area contributed by atoms with Crippen LogP contribution in [0.15, 0.2) is 12.3 Å². The Labute approximate surface area is 216 Å². The maximum Gasteiger partial charge on any atom is 0.241 e. The molecule has 0 unspecified atom stereocenters. The summed E-state index contributed by atoms with van der Waals surface area (Å²) in [5.41, 5.74) is 3.73. The fourth-order valence-electron chi connectivity index (χ4n) is 6.36. The van der Waals surface area contributed by atoms with E-state index in [-0.39, 0.29) is 5.79 Å². The quantitative estimate of drug-likeness (QED) is 0.486. The summed E-state index contributed by atoms with van der Waals surface area (Å²) in [6, 6.07) is 3.44. The van der Waals surface area contributed by atoms with Gasteiger partial charge in [-0.15, -0.1) is 5.10 Å². The Balaban J connectivity index is 1.39. The predicted molar refractivity (Wildman–Crippen MR) is 145 cm³/mol. The van der Waals surface area contributed by atoms with Gasteiger partial charge in [-0.3, -0.25) is 0 Å². The Morgan fingerprint density at radius 1 is 1.11 bits per heavy atom. The minimum atomic E-state index is -0.337. The maximum absolute atomic E-state index is 6.01. The van der Waals surface area contributed by atoms with Crippen molar-refractivity contribution in [3.05, 3.63) is 18.0 Å². The highest BCUT2D eigenvalue weighted by molar-refractivity contribution is 5.75. The lowest BCUT2D eigenvalue weighted by molar-refractivity contribution is -0.179. The van der Waals surface area contributed by atoms with Gasteiger partial charge in [-0.1, -0.05) is 26.2 Å². The average molecular weight is 499 g/mol. The number of nitrogens with zero attached hydrogens (tertiary/aromatic N) is 5. The van der Waals surface area contributed by atoms with E-state index in [1.54, 1.807) is 0 Å². The number of nitrogens with one attached hydrogen (secondary N) is 1. The zero-order chi connectivity index (χ0) is 25.1. The van der Waals surface area contributed by atoms with E-state index >= 15 is 0 Å². The van der Waals surface area contributed by atoms with Crippen molar-refractivity contribution in [3.63, 3.8) is 0 Å². The summed E-state index contributed by atoms with van der Waals surface area (Å²) in [5.74, 6) is 0.848. The van der Waals surface area contributed by atoms with E-state index in [1.165, 1.54) is 43.5 Å². The number of rotatable bonds is 9. The van der Waals surface area contributed by atoms with E-state index in [0.717, 1.165) is 69.9 Å². The number of piperidine rings is 1. The zero-order valence-electron chi connectivity index (χ0n) is 22.8. The van der Waals surface area contributed by atoms with Crippen LogP contribution in [0.4, 0.5) is 11.6 Å². The van der Waals surface area contributed by atoms with Crippen molar-refractivity contribution in [2.24, 2.45) is 0 Å². The SMILES string of the molecule is CCCCC[C@H](C)Nc1ncc2c(N3CCC(N(C)C)CC3)cc(C3CCC4(CC3)OCCO4)n2n1. The maximum atomic E-state index is 6.01. The highest BCUT2D eigenvalue weighted by atomic mass is 16.7. The largest absolute Gasteiger partial charge is 0.370 e. The Bertz CT molecular complexity index is 983. The van der Waals surface area contributed by atoms with Crippen LogP contribution in [0.1, 0.15) is 89.7 Å². The van der Waals surface area contributed by atoms with Crippen LogP contribution < -0.4 is 10.2 Å². The summed E-state index contributed by atoms with van der Waals surface area (Å²) in [7, 11) is 4.40. The van der Waals surface area contributed by atoms with E-state index < -0.39 is 0 Å². The molecule has 1 spiro atoms. The van der Waals surface area contributed by atoms with Gasteiger partial charge in [-0.2, -0.15) is 0 Å². The molecule has 0 amide bonds. The number of anilines is 2. The Morgan fingerprint density at radius 3 is 2.50 bits per heavy atom. The van der Waals surface area contributed by atoms with Gasteiger partial charge in [0.1, 0.15) is 5.52 Å². The Morgan fingerprint density at radius 2 is 1.83 bits per heavy atom. The molecule has 2 saturated heterocycles. The van der Waals surface area contributed by atoms with Gasteiger partial charge in [0.05, 0.1) is 25.1 Å². The average Bonchev–Trinajstić information content (AvgIpc) is 3.49. The molecule has 1 saturated carbocycles. The summed E-state index contributed by atoms with van der Waals surface area (Å²) in [4.78, 5) is 9.69. The van der Waals surface area contributed by atoms with Crippen molar-refractivity contribution in [1.82, 2.24) is 19.5 Å². The molecule has 2 aromatic rings. The van der Waals surface area contributed by atoms with Crippen LogP contribution >= 0.6 is 0 Å². The number of hydrogen-bond acceptors (Lipinski definition) is 7. The summed E-state index contributed by atoms with van der Waals surface area (Å²) in [5, 5.41) is 8.63. The smallest absolute Gasteiger partial charge is 0.241 e. The molecule has 1 N–H and O–H groups in total. The second-order valence-corrected chi connectivity index (χ2v) is 11.4. The molecule has 0 bridgehead atoms. The van der Waals surface area contributed by atoms with Gasteiger partial charge in [0.2, 0.25) is 5.95 Å². The van der Waals surface area contributed by atoms with Crippen LogP contribution in [-0.2, 0) is 9.47 Å². The van der Waals surface area contributed by atoms with E-state index in [1.807, 2.05) is 6.20 Å². The molecule has 3 aliphatic rings. The van der Waals surface area contributed by atoms with E-state index in [4.69, 9.17) is 19.6 Å². The second-order valence-electron chi connectivity index (χ2n) is 11.4. The van der Waals surface area contributed by atoms with Gasteiger partial charge in [-0.05, 0) is 59.2 Å². The molecule has 8 nitrogen and oxygen atoms in total. The van der Waals surface area contributed by atoms with Crippen molar-refractivity contribution < 1.29 is 9.47 Å². The molecule has 4 heterocycles. The first-order chi connectivity index (χ1) is 17.5. The minimum Gasteiger partial charge on any atom is -0.370 e. The minimum absolute atomic E-state index is 0.337. The van der Waals surface area contributed by atoms with Gasteiger partial charge in [0, 0.05) is 49.6 Å². The van der Waals surface area contributed by atoms with Crippen molar-refractivity contribution >= 4 is 17.2 Å². The molecule has 1 atom stereocenters. The first-order valence-corrected chi connectivity index (χ1v) is 14.3. The number of fused-ring (bicyclic) bond motifs is 1. The van der Waals surface area contributed by atoms with Gasteiger partial charge in [-0.25, -0.2) is 9.50 Å². The first kappa shape index (κ1) is 25.7. The molecule has 8 heteroatoms. The van der Waals surface area contributed by atoms with Gasteiger partial charge in [0.15, 0.2) is 5.79 Å². The molecule has 2 aliphatic heterocycles. The zero-order valence-corrected chi connectivity index (χ0v) is 22.8. The molecule has 0 radical (unpaired) electrons. The van der Waals surface area contributed by atoms with Gasteiger partial charge in [0.25, 0.3) is 0 Å². The summed E-state index contributed by atoms with van der Waals surface area (Å²) >= 11 is 0. The third-order valence-electron chi connectivity index (χ3n) is 8.65. The van der Waals surface area contributed by atoms with E-state index in [9.17, 15) is 0 Å². The molecule has 36 heavy (non-hydrogen) atoms. The van der Waals surface area contributed by atoms with Crippen LogP contribution in [0.25, 0.3) is 5.52 Å². The van der Waals surface area contributed by atoms with E-state index in [0.29, 0.717) is 18.0 Å². The second kappa shape index (κ2) is 11.2.